The van der Waals surface area contributed by atoms with Crippen molar-refractivity contribution in [3.63, 3.8) is 0 Å². The van der Waals surface area contributed by atoms with Crippen LogP contribution in [0.15, 0.2) is 24.5 Å². The summed E-state index contributed by atoms with van der Waals surface area (Å²) in [5, 5.41) is 3.30. The smallest absolute Gasteiger partial charge is 0.236 e. The normalized spacial score (nSPS) is 17.4. The molecule has 0 aliphatic heterocycles. The van der Waals surface area contributed by atoms with Crippen LogP contribution in [0.5, 0.6) is 0 Å². The van der Waals surface area contributed by atoms with E-state index in [2.05, 4.69) is 17.2 Å². The van der Waals surface area contributed by atoms with Crippen LogP contribution in [0.25, 0.3) is 0 Å². The van der Waals surface area contributed by atoms with Crippen molar-refractivity contribution >= 4 is 5.91 Å². The molecule has 1 aliphatic rings. The first-order chi connectivity index (χ1) is 10.2. The predicted octanol–water partition coefficient (Wildman–Crippen LogP) is 2.77. The van der Waals surface area contributed by atoms with Gasteiger partial charge in [-0.15, -0.1) is 0 Å². The fourth-order valence-electron chi connectivity index (χ4n) is 3.00. The molecule has 1 fully saturated rings. The molecule has 0 aromatic carbocycles. The van der Waals surface area contributed by atoms with Gasteiger partial charge in [0.25, 0.3) is 0 Å². The van der Waals surface area contributed by atoms with Crippen LogP contribution in [0, 0.1) is 5.92 Å². The summed E-state index contributed by atoms with van der Waals surface area (Å²) < 4.78 is 0. The summed E-state index contributed by atoms with van der Waals surface area (Å²) in [5.74, 6) is 0.881. The van der Waals surface area contributed by atoms with Crippen molar-refractivity contribution < 1.29 is 4.79 Å². The Hall–Kier alpha value is -1.42. The van der Waals surface area contributed by atoms with Gasteiger partial charge in [0.2, 0.25) is 5.91 Å². The molecular formula is C17H27N3O. The lowest BCUT2D eigenvalue weighted by molar-refractivity contribution is -0.129. The number of pyridine rings is 1. The molecule has 0 radical (unpaired) electrons. The Bertz CT molecular complexity index is 429. The third-order valence-electron chi connectivity index (χ3n) is 4.45. The summed E-state index contributed by atoms with van der Waals surface area (Å²) in [6.45, 7) is 3.38. The Balaban J connectivity index is 1.73. The van der Waals surface area contributed by atoms with Crippen LogP contribution >= 0.6 is 0 Å². The predicted molar refractivity (Wildman–Crippen MR) is 84.9 cm³/mol. The SMILES string of the molecule is C[C@@H](NCC(=O)N(C)CC1CCCCC1)c1ccncc1. The first-order valence-corrected chi connectivity index (χ1v) is 8.04. The molecule has 1 aromatic rings. The van der Waals surface area contributed by atoms with E-state index in [1.807, 2.05) is 24.1 Å². The van der Waals surface area contributed by atoms with Gasteiger partial charge in [-0.25, -0.2) is 0 Å². The fraction of sp³-hybridized carbons (Fsp3) is 0.647. The number of carbonyl (C=O) groups excluding carboxylic acids is 1. The maximum atomic E-state index is 12.2. The van der Waals surface area contributed by atoms with Gasteiger partial charge in [-0.1, -0.05) is 19.3 Å². The van der Waals surface area contributed by atoms with Crippen molar-refractivity contribution in [2.45, 2.75) is 45.1 Å². The molecule has 0 bridgehead atoms. The zero-order chi connectivity index (χ0) is 15.1. The number of hydrogen-bond donors (Lipinski definition) is 1. The number of carbonyl (C=O) groups is 1. The largest absolute Gasteiger partial charge is 0.344 e. The standard InChI is InChI=1S/C17H27N3O/c1-14(16-8-10-18-11-9-16)19-12-17(21)20(2)13-15-6-4-3-5-7-15/h8-11,14-15,19H,3-7,12-13H2,1-2H3/t14-/m1/s1. The molecule has 1 amide bonds. The van der Waals surface area contributed by atoms with Gasteiger partial charge in [0, 0.05) is 32.0 Å². The first kappa shape index (κ1) is 16.0. The fourth-order valence-corrected chi connectivity index (χ4v) is 3.00. The molecule has 1 heterocycles. The molecule has 1 saturated carbocycles. The maximum Gasteiger partial charge on any atom is 0.236 e. The molecule has 1 N–H and O–H groups in total. The number of hydrogen-bond acceptors (Lipinski definition) is 3. The van der Waals surface area contributed by atoms with E-state index >= 15 is 0 Å². The third-order valence-corrected chi connectivity index (χ3v) is 4.45. The van der Waals surface area contributed by atoms with Gasteiger partial charge in [-0.2, -0.15) is 0 Å². The van der Waals surface area contributed by atoms with E-state index in [0.29, 0.717) is 12.5 Å². The molecule has 2 rings (SSSR count). The highest BCUT2D eigenvalue weighted by molar-refractivity contribution is 5.78. The molecule has 1 aliphatic carbocycles. The van der Waals surface area contributed by atoms with Gasteiger partial charge in [0.15, 0.2) is 0 Å². The van der Waals surface area contributed by atoms with Gasteiger partial charge in [-0.05, 0) is 43.4 Å². The van der Waals surface area contributed by atoms with E-state index in [-0.39, 0.29) is 11.9 Å². The Morgan fingerprint density at radius 2 is 2.00 bits per heavy atom. The topological polar surface area (TPSA) is 45.2 Å². The van der Waals surface area contributed by atoms with Crippen LogP contribution in [-0.2, 0) is 4.79 Å². The number of rotatable bonds is 6. The van der Waals surface area contributed by atoms with E-state index in [1.165, 1.54) is 32.1 Å². The minimum Gasteiger partial charge on any atom is -0.344 e. The Labute approximate surface area is 127 Å². The van der Waals surface area contributed by atoms with Crippen molar-refractivity contribution in [2.24, 2.45) is 5.92 Å². The van der Waals surface area contributed by atoms with Crippen molar-refractivity contribution in [3.05, 3.63) is 30.1 Å². The molecule has 4 nitrogen and oxygen atoms in total. The number of amides is 1. The van der Waals surface area contributed by atoms with Crippen LogP contribution in [0.2, 0.25) is 0 Å². The second kappa shape index (κ2) is 8.13. The van der Waals surface area contributed by atoms with Crippen molar-refractivity contribution in [2.75, 3.05) is 20.1 Å². The summed E-state index contributed by atoms with van der Waals surface area (Å²) in [6, 6.07) is 4.13. The number of nitrogens with one attached hydrogen (secondary N) is 1. The van der Waals surface area contributed by atoms with E-state index in [9.17, 15) is 4.79 Å². The lowest BCUT2D eigenvalue weighted by Crippen LogP contribution is -2.39. The lowest BCUT2D eigenvalue weighted by Gasteiger charge is -2.27. The summed E-state index contributed by atoms with van der Waals surface area (Å²) in [4.78, 5) is 18.1. The summed E-state index contributed by atoms with van der Waals surface area (Å²) in [6.07, 6.45) is 10.1. The molecule has 0 unspecified atom stereocenters. The monoisotopic (exact) mass is 289 g/mol. The zero-order valence-electron chi connectivity index (χ0n) is 13.2. The van der Waals surface area contributed by atoms with Crippen molar-refractivity contribution in [1.82, 2.24) is 15.2 Å². The van der Waals surface area contributed by atoms with E-state index in [0.717, 1.165) is 12.1 Å². The highest BCUT2D eigenvalue weighted by atomic mass is 16.2. The minimum absolute atomic E-state index is 0.167. The van der Waals surface area contributed by atoms with Crippen LogP contribution in [0.3, 0.4) is 0 Å². The lowest BCUT2D eigenvalue weighted by atomic mass is 9.89. The van der Waals surface area contributed by atoms with Crippen molar-refractivity contribution in [1.29, 1.82) is 0 Å². The average molecular weight is 289 g/mol. The van der Waals surface area contributed by atoms with Crippen LogP contribution in [0.4, 0.5) is 0 Å². The van der Waals surface area contributed by atoms with Gasteiger partial charge in [-0.3, -0.25) is 9.78 Å². The second-order valence-electron chi connectivity index (χ2n) is 6.16. The Morgan fingerprint density at radius 3 is 2.67 bits per heavy atom. The number of likely N-dealkylation sites (N-methyl/N-ethyl adjacent to an activating group) is 1. The molecule has 1 atom stereocenters. The van der Waals surface area contributed by atoms with E-state index in [1.54, 1.807) is 12.4 Å². The van der Waals surface area contributed by atoms with Crippen LogP contribution in [0.1, 0.15) is 50.6 Å². The van der Waals surface area contributed by atoms with E-state index < -0.39 is 0 Å². The molecule has 116 valence electrons. The van der Waals surface area contributed by atoms with Gasteiger partial charge in [0.05, 0.1) is 6.54 Å². The van der Waals surface area contributed by atoms with Gasteiger partial charge >= 0.3 is 0 Å². The molecule has 0 spiro atoms. The second-order valence-corrected chi connectivity index (χ2v) is 6.16. The summed E-state index contributed by atoms with van der Waals surface area (Å²) in [7, 11) is 1.93. The quantitative estimate of drug-likeness (QED) is 0.876. The zero-order valence-corrected chi connectivity index (χ0v) is 13.2. The Morgan fingerprint density at radius 1 is 1.33 bits per heavy atom. The van der Waals surface area contributed by atoms with Crippen LogP contribution < -0.4 is 5.32 Å². The van der Waals surface area contributed by atoms with Gasteiger partial charge < -0.3 is 10.2 Å². The third kappa shape index (κ3) is 5.12. The Kier molecular flexibility index (Phi) is 6.18. The van der Waals surface area contributed by atoms with E-state index in [4.69, 9.17) is 0 Å². The van der Waals surface area contributed by atoms with Crippen LogP contribution in [-0.4, -0.2) is 35.9 Å². The summed E-state index contributed by atoms with van der Waals surface area (Å²) >= 11 is 0. The number of aromatic nitrogens is 1. The van der Waals surface area contributed by atoms with Gasteiger partial charge in [0.1, 0.15) is 0 Å². The molecule has 21 heavy (non-hydrogen) atoms. The maximum absolute atomic E-state index is 12.2. The first-order valence-electron chi connectivity index (χ1n) is 8.04. The highest BCUT2D eigenvalue weighted by Crippen LogP contribution is 2.24. The average Bonchev–Trinajstić information content (AvgIpc) is 2.54. The minimum atomic E-state index is 0.167. The highest BCUT2D eigenvalue weighted by Gasteiger charge is 2.18. The number of nitrogens with zero attached hydrogens (tertiary/aromatic N) is 2. The molecule has 0 saturated heterocycles. The summed E-state index contributed by atoms with van der Waals surface area (Å²) in [5.41, 5.74) is 1.16. The molecule has 1 aromatic heterocycles. The molecular weight excluding hydrogens is 262 g/mol. The molecule has 4 heteroatoms. The van der Waals surface area contributed by atoms with Crippen molar-refractivity contribution in [3.8, 4) is 0 Å².